The van der Waals surface area contributed by atoms with Gasteiger partial charge >= 0.3 is 0 Å². The first-order chi connectivity index (χ1) is 6.18. The molecular weight excluding hydrogens is 252 g/mol. The van der Waals surface area contributed by atoms with Crippen molar-refractivity contribution in [2.24, 2.45) is 0 Å². The number of hydrogen-bond donors (Lipinski definition) is 1. The summed E-state index contributed by atoms with van der Waals surface area (Å²) in [5.74, 6) is 0.659. The fraction of sp³-hybridized carbons (Fsp3) is 0.375. The normalized spacial score (nSPS) is 12.5. The number of anilines is 1. The third kappa shape index (κ3) is 4.38. The SMILES string of the molecule is CS(=O)CCNc1cncc(Br)c1. The molecule has 13 heavy (non-hydrogen) atoms. The number of nitrogens with zero attached hydrogens (tertiary/aromatic N) is 1. The lowest BCUT2D eigenvalue weighted by Gasteiger charge is -2.04. The van der Waals surface area contributed by atoms with Gasteiger partial charge in [0.2, 0.25) is 0 Å². The second-order valence-electron chi connectivity index (χ2n) is 2.60. The summed E-state index contributed by atoms with van der Waals surface area (Å²) in [7, 11) is -0.739. The minimum Gasteiger partial charge on any atom is -0.383 e. The van der Waals surface area contributed by atoms with Gasteiger partial charge in [-0.1, -0.05) is 0 Å². The second kappa shape index (κ2) is 5.34. The van der Waals surface area contributed by atoms with Gasteiger partial charge in [-0.05, 0) is 22.0 Å². The molecule has 0 saturated heterocycles. The van der Waals surface area contributed by atoms with Crippen LogP contribution >= 0.6 is 15.9 Å². The summed E-state index contributed by atoms with van der Waals surface area (Å²) in [5, 5.41) is 3.13. The largest absolute Gasteiger partial charge is 0.383 e. The molecule has 0 aliphatic heterocycles. The summed E-state index contributed by atoms with van der Waals surface area (Å²) < 4.78 is 11.7. The van der Waals surface area contributed by atoms with Crippen molar-refractivity contribution in [2.75, 3.05) is 23.9 Å². The molecule has 0 amide bonds. The summed E-state index contributed by atoms with van der Waals surface area (Å²) in [5.41, 5.74) is 0.944. The van der Waals surface area contributed by atoms with Gasteiger partial charge in [0.1, 0.15) is 0 Å². The third-order valence-electron chi connectivity index (χ3n) is 1.42. The van der Waals surface area contributed by atoms with Crippen LogP contribution in [0.25, 0.3) is 0 Å². The first kappa shape index (κ1) is 10.7. The van der Waals surface area contributed by atoms with Crippen molar-refractivity contribution in [2.45, 2.75) is 0 Å². The number of halogens is 1. The molecule has 0 fully saturated rings. The van der Waals surface area contributed by atoms with Gasteiger partial charge in [-0.25, -0.2) is 0 Å². The van der Waals surface area contributed by atoms with E-state index in [1.54, 1.807) is 18.6 Å². The highest BCUT2D eigenvalue weighted by Gasteiger charge is 1.94. The number of pyridine rings is 1. The van der Waals surface area contributed by atoms with Crippen LogP contribution in [0.1, 0.15) is 0 Å². The average molecular weight is 263 g/mol. The highest BCUT2D eigenvalue weighted by molar-refractivity contribution is 9.10. The second-order valence-corrected chi connectivity index (χ2v) is 5.07. The topological polar surface area (TPSA) is 42.0 Å². The van der Waals surface area contributed by atoms with Crippen LogP contribution in [0.2, 0.25) is 0 Å². The third-order valence-corrected chi connectivity index (χ3v) is 2.64. The van der Waals surface area contributed by atoms with Crippen LogP contribution in [0.15, 0.2) is 22.9 Å². The van der Waals surface area contributed by atoms with E-state index in [1.807, 2.05) is 6.07 Å². The van der Waals surface area contributed by atoms with Gasteiger partial charge in [0.15, 0.2) is 0 Å². The van der Waals surface area contributed by atoms with E-state index >= 15 is 0 Å². The molecule has 0 aliphatic carbocycles. The molecule has 0 saturated carbocycles. The Hall–Kier alpha value is -0.420. The first-order valence-electron chi connectivity index (χ1n) is 3.83. The molecular formula is C8H11BrN2OS. The van der Waals surface area contributed by atoms with Gasteiger partial charge in [0, 0.05) is 40.0 Å². The fourth-order valence-electron chi connectivity index (χ4n) is 0.848. The molecule has 0 bridgehead atoms. The zero-order valence-electron chi connectivity index (χ0n) is 7.29. The summed E-state index contributed by atoms with van der Waals surface area (Å²) in [6, 6.07) is 1.94. The Balaban J connectivity index is 2.41. The number of hydrogen-bond acceptors (Lipinski definition) is 3. The van der Waals surface area contributed by atoms with E-state index in [1.165, 1.54) is 0 Å². The van der Waals surface area contributed by atoms with Crippen molar-refractivity contribution in [3.63, 3.8) is 0 Å². The van der Waals surface area contributed by atoms with Crippen molar-refractivity contribution < 1.29 is 4.21 Å². The van der Waals surface area contributed by atoms with Crippen LogP contribution in [0.4, 0.5) is 5.69 Å². The molecule has 1 N–H and O–H groups in total. The zero-order chi connectivity index (χ0) is 9.68. The zero-order valence-corrected chi connectivity index (χ0v) is 9.69. The number of nitrogens with one attached hydrogen (secondary N) is 1. The van der Waals surface area contributed by atoms with E-state index in [4.69, 9.17) is 0 Å². The van der Waals surface area contributed by atoms with Gasteiger partial charge in [-0.15, -0.1) is 0 Å². The monoisotopic (exact) mass is 262 g/mol. The van der Waals surface area contributed by atoms with Crippen LogP contribution in [-0.4, -0.2) is 27.7 Å². The smallest absolute Gasteiger partial charge is 0.0538 e. The van der Waals surface area contributed by atoms with E-state index in [0.29, 0.717) is 12.3 Å². The van der Waals surface area contributed by atoms with Crippen LogP contribution in [-0.2, 0) is 10.8 Å². The van der Waals surface area contributed by atoms with Gasteiger partial charge in [0.25, 0.3) is 0 Å². The predicted molar refractivity (Wildman–Crippen MR) is 59.4 cm³/mol. The molecule has 72 valence electrons. The minimum atomic E-state index is -0.739. The van der Waals surface area contributed by atoms with Crippen molar-refractivity contribution in [1.82, 2.24) is 4.98 Å². The molecule has 3 nitrogen and oxygen atoms in total. The van der Waals surface area contributed by atoms with Crippen molar-refractivity contribution in [3.05, 3.63) is 22.9 Å². The molecule has 0 radical (unpaired) electrons. The predicted octanol–water partition coefficient (Wildman–Crippen LogP) is 1.63. The summed E-state index contributed by atoms with van der Waals surface area (Å²) >= 11 is 3.32. The molecule has 1 atom stereocenters. The Bertz CT molecular complexity index is 306. The molecule has 1 aromatic heterocycles. The Kier molecular flexibility index (Phi) is 4.38. The van der Waals surface area contributed by atoms with Crippen LogP contribution in [0, 0.1) is 0 Å². The van der Waals surface area contributed by atoms with Crippen molar-refractivity contribution in [3.8, 4) is 0 Å². The molecule has 5 heteroatoms. The number of aromatic nitrogens is 1. The molecule has 0 aromatic carbocycles. The minimum absolute atomic E-state index is 0.659. The average Bonchev–Trinajstić information content (AvgIpc) is 2.03. The highest BCUT2D eigenvalue weighted by Crippen LogP contribution is 2.12. The maximum absolute atomic E-state index is 10.7. The van der Waals surface area contributed by atoms with E-state index in [9.17, 15) is 4.21 Å². The molecule has 1 aromatic rings. The Labute approximate surface area is 88.5 Å². The van der Waals surface area contributed by atoms with Crippen LogP contribution < -0.4 is 5.32 Å². The van der Waals surface area contributed by atoms with Gasteiger partial charge in [-0.2, -0.15) is 0 Å². The molecule has 0 spiro atoms. The lowest BCUT2D eigenvalue weighted by Crippen LogP contribution is -2.09. The molecule has 1 rings (SSSR count). The maximum atomic E-state index is 10.7. The Morgan fingerprint density at radius 2 is 2.38 bits per heavy atom. The molecule has 0 aliphatic rings. The lowest BCUT2D eigenvalue weighted by atomic mass is 10.4. The maximum Gasteiger partial charge on any atom is 0.0538 e. The van der Waals surface area contributed by atoms with E-state index in [0.717, 1.165) is 10.2 Å². The Morgan fingerprint density at radius 3 is 3.00 bits per heavy atom. The quantitative estimate of drug-likeness (QED) is 0.897. The standard InChI is InChI=1S/C8H11BrN2OS/c1-13(12)3-2-11-8-4-7(9)5-10-6-8/h4-6,11H,2-3H2,1H3. The van der Waals surface area contributed by atoms with Crippen molar-refractivity contribution >= 4 is 32.4 Å². The lowest BCUT2D eigenvalue weighted by molar-refractivity contribution is 0.687. The van der Waals surface area contributed by atoms with Gasteiger partial charge in [0.05, 0.1) is 11.9 Å². The Morgan fingerprint density at radius 1 is 1.62 bits per heavy atom. The summed E-state index contributed by atoms with van der Waals surface area (Å²) in [4.78, 5) is 4.00. The van der Waals surface area contributed by atoms with Gasteiger partial charge < -0.3 is 5.32 Å². The first-order valence-corrected chi connectivity index (χ1v) is 6.35. The van der Waals surface area contributed by atoms with E-state index in [-0.39, 0.29) is 0 Å². The van der Waals surface area contributed by atoms with Gasteiger partial charge in [-0.3, -0.25) is 9.19 Å². The van der Waals surface area contributed by atoms with Crippen molar-refractivity contribution in [1.29, 1.82) is 0 Å². The molecule has 1 heterocycles. The summed E-state index contributed by atoms with van der Waals surface area (Å²) in [6.45, 7) is 0.710. The van der Waals surface area contributed by atoms with Crippen LogP contribution in [0.5, 0.6) is 0 Å². The highest BCUT2D eigenvalue weighted by atomic mass is 79.9. The molecule has 1 unspecified atom stereocenters. The van der Waals surface area contributed by atoms with Crippen LogP contribution in [0.3, 0.4) is 0 Å². The van der Waals surface area contributed by atoms with E-state index in [2.05, 4.69) is 26.2 Å². The van der Waals surface area contributed by atoms with E-state index < -0.39 is 10.8 Å². The fourth-order valence-corrected chi connectivity index (χ4v) is 1.60. The number of rotatable bonds is 4. The summed E-state index contributed by atoms with van der Waals surface area (Å²) in [6.07, 6.45) is 5.16.